The summed E-state index contributed by atoms with van der Waals surface area (Å²) in [5, 5.41) is 3.53. The molecule has 1 saturated heterocycles. The molecule has 18 heavy (non-hydrogen) atoms. The van der Waals surface area contributed by atoms with Crippen LogP contribution in [0.1, 0.15) is 12.8 Å². The second kappa shape index (κ2) is 5.24. The van der Waals surface area contributed by atoms with Crippen molar-refractivity contribution in [1.29, 1.82) is 0 Å². The van der Waals surface area contributed by atoms with Gasteiger partial charge in [-0.2, -0.15) is 0 Å². The molecule has 1 N–H and O–H groups in total. The fraction of sp³-hybridized carbons (Fsp3) is 0.357. The van der Waals surface area contributed by atoms with Gasteiger partial charge < -0.3 is 9.88 Å². The summed E-state index contributed by atoms with van der Waals surface area (Å²) in [7, 11) is 0. The average Bonchev–Trinajstić information content (AvgIpc) is 3.01. The van der Waals surface area contributed by atoms with Crippen LogP contribution in [0, 0.1) is 0 Å². The molecule has 0 radical (unpaired) electrons. The van der Waals surface area contributed by atoms with E-state index < -0.39 is 0 Å². The summed E-state index contributed by atoms with van der Waals surface area (Å²) >= 11 is 3.52. The third kappa shape index (κ3) is 2.49. The number of nitrogens with zero attached hydrogens (tertiary/aromatic N) is 2. The quantitative estimate of drug-likeness (QED) is 0.944. The minimum Gasteiger partial charge on any atom is -0.329 e. The van der Waals surface area contributed by atoms with Crippen molar-refractivity contribution >= 4 is 15.9 Å². The lowest BCUT2D eigenvalue weighted by atomic mass is 10.1. The summed E-state index contributed by atoms with van der Waals surface area (Å²) in [6, 6.07) is 8.95. The van der Waals surface area contributed by atoms with Crippen LogP contribution in [-0.4, -0.2) is 22.1 Å². The fourth-order valence-electron chi connectivity index (χ4n) is 2.50. The van der Waals surface area contributed by atoms with Crippen molar-refractivity contribution in [3.05, 3.63) is 41.3 Å². The Bertz CT molecular complexity index is 529. The number of hydrogen-bond donors (Lipinski definition) is 1. The highest BCUT2D eigenvalue weighted by atomic mass is 79.9. The molecule has 0 amide bonds. The molecule has 4 heteroatoms. The van der Waals surface area contributed by atoms with Crippen LogP contribution in [0.3, 0.4) is 0 Å². The standard InChI is InChI=1S/C14H16BrN3/c15-12-4-1-3-11(7-12)14-8-16-10-18(14)9-13-5-2-6-17-13/h1,3-4,7-8,10,13,17H,2,5-6,9H2. The van der Waals surface area contributed by atoms with E-state index in [2.05, 4.69) is 49.0 Å². The molecular weight excluding hydrogens is 290 g/mol. The van der Waals surface area contributed by atoms with Gasteiger partial charge in [0.05, 0.1) is 18.2 Å². The van der Waals surface area contributed by atoms with E-state index in [0.29, 0.717) is 6.04 Å². The Hall–Kier alpha value is -1.13. The van der Waals surface area contributed by atoms with Crippen LogP contribution >= 0.6 is 15.9 Å². The van der Waals surface area contributed by atoms with Gasteiger partial charge in [-0.05, 0) is 31.5 Å². The predicted octanol–water partition coefficient (Wildman–Crippen LogP) is 3.06. The summed E-state index contributed by atoms with van der Waals surface area (Å²) in [6.07, 6.45) is 6.41. The van der Waals surface area contributed by atoms with Gasteiger partial charge >= 0.3 is 0 Å². The maximum Gasteiger partial charge on any atom is 0.0951 e. The molecule has 1 aromatic carbocycles. The van der Waals surface area contributed by atoms with E-state index in [9.17, 15) is 0 Å². The Kier molecular flexibility index (Phi) is 3.48. The van der Waals surface area contributed by atoms with E-state index in [4.69, 9.17) is 0 Å². The molecule has 1 aliphatic rings. The van der Waals surface area contributed by atoms with Crippen LogP contribution in [0.2, 0.25) is 0 Å². The van der Waals surface area contributed by atoms with Crippen LogP contribution in [0.25, 0.3) is 11.3 Å². The maximum atomic E-state index is 4.29. The molecule has 1 fully saturated rings. The monoisotopic (exact) mass is 305 g/mol. The number of halogens is 1. The summed E-state index contributed by atoms with van der Waals surface area (Å²) in [5.74, 6) is 0. The third-order valence-electron chi connectivity index (χ3n) is 3.41. The molecule has 1 unspecified atom stereocenters. The molecule has 2 aromatic rings. The molecule has 94 valence electrons. The number of benzene rings is 1. The zero-order valence-corrected chi connectivity index (χ0v) is 11.7. The van der Waals surface area contributed by atoms with E-state index in [0.717, 1.165) is 17.6 Å². The van der Waals surface area contributed by atoms with Gasteiger partial charge in [0.1, 0.15) is 0 Å². The van der Waals surface area contributed by atoms with Crippen molar-refractivity contribution in [1.82, 2.24) is 14.9 Å². The van der Waals surface area contributed by atoms with Gasteiger partial charge in [0, 0.05) is 22.6 Å². The van der Waals surface area contributed by atoms with E-state index in [1.807, 2.05) is 18.6 Å². The summed E-state index contributed by atoms with van der Waals surface area (Å²) < 4.78 is 3.34. The number of rotatable bonds is 3. The SMILES string of the molecule is Brc1cccc(-c2cncn2CC2CCCN2)c1. The van der Waals surface area contributed by atoms with Crippen LogP contribution < -0.4 is 5.32 Å². The summed E-state index contributed by atoms with van der Waals surface area (Å²) in [5.41, 5.74) is 2.39. The minimum absolute atomic E-state index is 0.588. The number of hydrogen-bond acceptors (Lipinski definition) is 2. The molecule has 1 aromatic heterocycles. The van der Waals surface area contributed by atoms with Gasteiger partial charge in [-0.15, -0.1) is 0 Å². The van der Waals surface area contributed by atoms with E-state index in [1.165, 1.54) is 24.1 Å². The third-order valence-corrected chi connectivity index (χ3v) is 3.91. The Morgan fingerprint density at radius 2 is 2.39 bits per heavy atom. The fourth-order valence-corrected chi connectivity index (χ4v) is 2.90. The molecule has 3 nitrogen and oxygen atoms in total. The van der Waals surface area contributed by atoms with E-state index in [1.54, 1.807) is 0 Å². The Labute approximate surface area is 115 Å². The highest BCUT2D eigenvalue weighted by Crippen LogP contribution is 2.23. The van der Waals surface area contributed by atoms with Gasteiger partial charge in [-0.1, -0.05) is 28.1 Å². The zero-order valence-electron chi connectivity index (χ0n) is 10.1. The van der Waals surface area contributed by atoms with Crippen molar-refractivity contribution in [3.63, 3.8) is 0 Å². The van der Waals surface area contributed by atoms with Crippen molar-refractivity contribution in [2.24, 2.45) is 0 Å². The lowest BCUT2D eigenvalue weighted by Crippen LogP contribution is -2.26. The lowest BCUT2D eigenvalue weighted by molar-refractivity contribution is 0.512. The van der Waals surface area contributed by atoms with Crippen molar-refractivity contribution in [3.8, 4) is 11.3 Å². The average molecular weight is 306 g/mol. The number of imidazole rings is 1. The Morgan fingerprint density at radius 3 is 3.17 bits per heavy atom. The van der Waals surface area contributed by atoms with E-state index >= 15 is 0 Å². The molecular formula is C14H16BrN3. The topological polar surface area (TPSA) is 29.9 Å². The number of nitrogens with one attached hydrogen (secondary N) is 1. The lowest BCUT2D eigenvalue weighted by Gasteiger charge is -2.14. The van der Waals surface area contributed by atoms with Crippen molar-refractivity contribution < 1.29 is 0 Å². The first-order chi connectivity index (χ1) is 8.83. The predicted molar refractivity (Wildman–Crippen MR) is 76.4 cm³/mol. The van der Waals surface area contributed by atoms with Gasteiger partial charge in [-0.25, -0.2) is 4.98 Å². The molecule has 0 spiro atoms. The molecule has 2 heterocycles. The van der Waals surface area contributed by atoms with Crippen molar-refractivity contribution in [2.75, 3.05) is 6.54 Å². The molecule has 0 saturated carbocycles. The van der Waals surface area contributed by atoms with Gasteiger partial charge in [0.25, 0.3) is 0 Å². The van der Waals surface area contributed by atoms with Crippen molar-refractivity contribution in [2.45, 2.75) is 25.4 Å². The van der Waals surface area contributed by atoms with Crippen LogP contribution in [0.15, 0.2) is 41.3 Å². The highest BCUT2D eigenvalue weighted by Gasteiger charge is 2.16. The maximum absolute atomic E-state index is 4.29. The zero-order chi connectivity index (χ0) is 12.4. The molecule has 0 aliphatic carbocycles. The van der Waals surface area contributed by atoms with Crippen LogP contribution in [-0.2, 0) is 6.54 Å². The smallest absolute Gasteiger partial charge is 0.0951 e. The Morgan fingerprint density at radius 1 is 1.44 bits per heavy atom. The molecule has 0 bridgehead atoms. The molecule has 3 rings (SSSR count). The number of aromatic nitrogens is 2. The highest BCUT2D eigenvalue weighted by molar-refractivity contribution is 9.10. The first kappa shape index (κ1) is 11.9. The first-order valence-corrected chi connectivity index (χ1v) is 7.12. The minimum atomic E-state index is 0.588. The second-order valence-electron chi connectivity index (χ2n) is 4.73. The molecule has 1 atom stereocenters. The molecule has 1 aliphatic heterocycles. The summed E-state index contributed by atoms with van der Waals surface area (Å²) in [4.78, 5) is 4.29. The first-order valence-electron chi connectivity index (χ1n) is 6.32. The van der Waals surface area contributed by atoms with Gasteiger partial charge in [-0.3, -0.25) is 0 Å². The summed E-state index contributed by atoms with van der Waals surface area (Å²) in [6.45, 7) is 2.15. The van der Waals surface area contributed by atoms with Crippen LogP contribution in [0.5, 0.6) is 0 Å². The second-order valence-corrected chi connectivity index (χ2v) is 5.65. The van der Waals surface area contributed by atoms with Crippen LogP contribution in [0.4, 0.5) is 0 Å². The van der Waals surface area contributed by atoms with Gasteiger partial charge in [0.15, 0.2) is 0 Å². The largest absolute Gasteiger partial charge is 0.329 e. The Balaban J connectivity index is 1.86. The van der Waals surface area contributed by atoms with Gasteiger partial charge in [0.2, 0.25) is 0 Å². The normalized spacial score (nSPS) is 19.3. The van der Waals surface area contributed by atoms with E-state index in [-0.39, 0.29) is 0 Å².